The lowest BCUT2D eigenvalue weighted by atomic mass is 9.95. The average molecular weight is 204 g/mol. The third-order valence-electron chi connectivity index (χ3n) is 3.10. The molecule has 1 aliphatic rings. The zero-order chi connectivity index (χ0) is 11.1. The number of terminal acetylenes is 1. The monoisotopic (exact) mass is 204 g/mol. The van der Waals surface area contributed by atoms with Gasteiger partial charge in [0.2, 0.25) is 0 Å². The minimum absolute atomic E-state index is 0.174. The predicted octanol–water partition coefficient (Wildman–Crippen LogP) is 2.46. The largest absolute Gasteiger partial charge is 0.309 e. The van der Waals surface area contributed by atoms with Crippen molar-refractivity contribution in [3.05, 3.63) is 0 Å². The van der Waals surface area contributed by atoms with Gasteiger partial charge >= 0.3 is 0 Å². The van der Waals surface area contributed by atoms with Gasteiger partial charge in [-0.1, -0.05) is 19.3 Å². The first-order valence-electron chi connectivity index (χ1n) is 5.87. The van der Waals surface area contributed by atoms with Gasteiger partial charge in [-0.2, -0.15) is 5.26 Å². The van der Waals surface area contributed by atoms with Gasteiger partial charge in [0, 0.05) is 18.5 Å². The Morgan fingerprint density at radius 3 is 2.80 bits per heavy atom. The molecule has 1 rings (SSSR count). The van der Waals surface area contributed by atoms with Crippen molar-refractivity contribution in [2.24, 2.45) is 5.92 Å². The minimum atomic E-state index is 0.174. The summed E-state index contributed by atoms with van der Waals surface area (Å²) in [4.78, 5) is 0. The van der Waals surface area contributed by atoms with Gasteiger partial charge in [0.05, 0.1) is 12.0 Å². The molecule has 1 saturated carbocycles. The van der Waals surface area contributed by atoms with E-state index in [1.165, 1.54) is 19.3 Å². The second-order valence-electron chi connectivity index (χ2n) is 4.46. The van der Waals surface area contributed by atoms with Crippen molar-refractivity contribution in [2.75, 3.05) is 0 Å². The van der Waals surface area contributed by atoms with E-state index in [9.17, 15) is 0 Å². The highest BCUT2D eigenvalue weighted by Gasteiger charge is 2.24. The first-order valence-corrected chi connectivity index (χ1v) is 5.87. The van der Waals surface area contributed by atoms with Gasteiger partial charge in [-0.05, 0) is 19.8 Å². The van der Waals surface area contributed by atoms with Crippen LogP contribution in [0.15, 0.2) is 0 Å². The van der Waals surface area contributed by atoms with Crippen molar-refractivity contribution in [1.29, 1.82) is 5.26 Å². The second-order valence-corrected chi connectivity index (χ2v) is 4.46. The summed E-state index contributed by atoms with van der Waals surface area (Å²) in [6.07, 6.45) is 11.9. The van der Waals surface area contributed by atoms with Crippen LogP contribution in [0.2, 0.25) is 0 Å². The van der Waals surface area contributed by atoms with E-state index in [0.29, 0.717) is 12.1 Å². The van der Waals surface area contributed by atoms with Crippen LogP contribution in [0.5, 0.6) is 0 Å². The molecular formula is C13H20N2. The SMILES string of the molecule is C#CCC(C)NC1CCCCCC1C#N. The fourth-order valence-electron chi connectivity index (χ4n) is 2.26. The molecule has 3 unspecified atom stereocenters. The molecule has 0 amide bonds. The van der Waals surface area contributed by atoms with E-state index in [1.807, 2.05) is 0 Å². The molecule has 82 valence electrons. The van der Waals surface area contributed by atoms with Crippen molar-refractivity contribution < 1.29 is 0 Å². The fraction of sp³-hybridized carbons (Fsp3) is 0.769. The van der Waals surface area contributed by atoms with Crippen LogP contribution in [-0.4, -0.2) is 12.1 Å². The normalized spacial score (nSPS) is 28.5. The van der Waals surface area contributed by atoms with Crippen molar-refractivity contribution in [2.45, 2.75) is 57.5 Å². The molecule has 0 radical (unpaired) electrons. The third-order valence-corrected chi connectivity index (χ3v) is 3.10. The van der Waals surface area contributed by atoms with E-state index in [2.05, 4.69) is 24.2 Å². The molecule has 0 aromatic carbocycles. The number of hydrogen-bond donors (Lipinski definition) is 1. The summed E-state index contributed by atoms with van der Waals surface area (Å²) in [6, 6.07) is 3.10. The third kappa shape index (κ3) is 3.94. The predicted molar refractivity (Wildman–Crippen MR) is 62.0 cm³/mol. The van der Waals surface area contributed by atoms with Crippen molar-refractivity contribution >= 4 is 0 Å². The summed E-state index contributed by atoms with van der Waals surface area (Å²) < 4.78 is 0. The highest BCUT2D eigenvalue weighted by Crippen LogP contribution is 2.23. The maximum Gasteiger partial charge on any atom is 0.0672 e. The van der Waals surface area contributed by atoms with E-state index < -0.39 is 0 Å². The lowest BCUT2D eigenvalue weighted by Crippen LogP contribution is -2.40. The molecule has 1 fully saturated rings. The van der Waals surface area contributed by atoms with E-state index in [-0.39, 0.29) is 5.92 Å². The first kappa shape index (κ1) is 12.1. The summed E-state index contributed by atoms with van der Waals surface area (Å²) >= 11 is 0. The lowest BCUT2D eigenvalue weighted by molar-refractivity contribution is 0.360. The van der Waals surface area contributed by atoms with Crippen molar-refractivity contribution in [1.82, 2.24) is 5.32 Å². The molecule has 15 heavy (non-hydrogen) atoms. The Bertz CT molecular complexity index is 259. The standard InChI is InChI=1S/C13H20N2/c1-3-7-11(2)15-13-9-6-4-5-8-12(13)10-14/h1,11-13,15H,4-9H2,2H3. The van der Waals surface area contributed by atoms with Gasteiger partial charge in [0.1, 0.15) is 0 Å². The molecule has 2 heteroatoms. The molecule has 1 N–H and O–H groups in total. The van der Waals surface area contributed by atoms with Gasteiger partial charge in [0.15, 0.2) is 0 Å². The number of rotatable bonds is 3. The summed E-state index contributed by atoms with van der Waals surface area (Å²) in [5, 5.41) is 12.6. The molecule has 0 bridgehead atoms. The minimum Gasteiger partial charge on any atom is -0.309 e. The molecule has 1 aliphatic carbocycles. The van der Waals surface area contributed by atoms with E-state index in [4.69, 9.17) is 11.7 Å². The maximum atomic E-state index is 9.10. The Hall–Kier alpha value is -0.990. The first-order chi connectivity index (χ1) is 7.27. The molecule has 2 nitrogen and oxygen atoms in total. The molecule has 0 aromatic heterocycles. The maximum absolute atomic E-state index is 9.10. The second kappa shape index (κ2) is 6.49. The quantitative estimate of drug-likeness (QED) is 0.566. The molecule has 0 heterocycles. The molecule has 0 spiro atoms. The summed E-state index contributed by atoms with van der Waals surface area (Å²) in [5.41, 5.74) is 0. The summed E-state index contributed by atoms with van der Waals surface area (Å²) in [7, 11) is 0. The molecular weight excluding hydrogens is 184 g/mol. The van der Waals surface area contributed by atoms with Crippen LogP contribution in [0.4, 0.5) is 0 Å². The van der Waals surface area contributed by atoms with Crippen LogP contribution in [0, 0.1) is 29.6 Å². The Morgan fingerprint density at radius 2 is 2.13 bits per heavy atom. The fourth-order valence-corrected chi connectivity index (χ4v) is 2.26. The van der Waals surface area contributed by atoms with Gasteiger partial charge in [-0.3, -0.25) is 0 Å². The highest BCUT2D eigenvalue weighted by atomic mass is 14.9. The average Bonchev–Trinajstić information content (AvgIpc) is 2.43. The molecule has 0 saturated heterocycles. The van der Waals surface area contributed by atoms with Crippen LogP contribution >= 0.6 is 0 Å². The molecule has 0 aromatic rings. The van der Waals surface area contributed by atoms with Crippen LogP contribution in [0.3, 0.4) is 0 Å². The number of nitriles is 1. The molecule has 0 aliphatic heterocycles. The lowest BCUT2D eigenvalue weighted by Gasteiger charge is -2.24. The van der Waals surface area contributed by atoms with Gasteiger partial charge < -0.3 is 5.32 Å². The van der Waals surface area contributed by atoms with E-state index >= 15 is 0 Å². The molecule has 3 atom stereocenters. The Balaban J connectivity index is 2.49. The van der Waals surface area contributed by atoms with Crippen LogP contribution in [0.1, 0.15) is 45.4 Å². The van der Waals surface area contributed by atoms with Gasteiger partial charge in [0.25, 0.3) is 0 Å². The van der Waals surface area contributed by atoms with Crippen LogP contribution < -0.4 is 5.32 Å². The highest BCUT2D eigenvalue weighted by molar-refractivity contribution is 4.96. The summed E-state index contributed by atoms with van der Waals surface area (Å²) in [6.45, 7) is 2.10. The smallest absolute Gasteiger partial charge is 0.0672 e. The zero-order valence-corrected chi connectivity index (χ0v) is 9.50. The Kier molecular flexibility index (Phi) is 5.22. The Morgan fingerprint density at radius 1 is 1.40 bits per heavy atom. The Labute approximate surface area is 93.1 Å². The number of nitrogens with zero attached hydrogens (tertiary/aromatic N) is 1. The van der Waals surface area contributed by atoms with Crippen LogP contribution in [0.25, 0.3) is 0 Å². The van der Waals surface area contributed by atoms with Crippen molar-refractivity contribution in [3.8, 4) is 18.4 Å². The summed E-state index contributed by atoms with van der Waals surface area (Å²) in [5.74, 6) is 2.83. The van der Waals surface area contributed by atoms with E-state index in [0.717, 1.165) is 19.3 Å². The van der Waals surface area contributed by atoms with E-state index in [1.54, 1.807) is 0 Å². The van der Waals surface area contributed by atoms with Crippen LogP contribution in [-0.2, 0) is 0 Å². The van der Waals surface area contributed by atoms with Crippen molar-refractivity contribution in [3.63, 3.8) is 0 Å². The number of nitrogens with one attached hydrogen (secondary N) is 1. The number of hydrogen-bond acceptors (Lipinski definition) is 2. The van der Waals surface area contributed by atoms with Gasteiger partial charge in [-0.15, -0.1) is 12.3 Å². The zero-order valence-electron chi connectivity index (χ0n) is 9.50. The topological polar surface area (TPSA) is 35.8 Å². The van der Waals surface area contributed by atoms with Gasteiger partial charge in [-0.25, -0.2) is 0 Å².